The van der Waals surface area contributed by atoms with Crippen LogP contribution in [0.3, 0.4) is 0 Å². The van der Waals surface area contributed by atoms with Gasteiger partial charge in [-0.3, -0.25) is 0 Å². The third-order valence-electron chi connectivity index (χ3n) is 4.16. The van der Waals surface area contributed by atoms with E-state index in [1.807, 2.05) is 11.8 Å². The molecule has 1 aliphatic heterocycles. The lowest BCUT2D eigenvalue weighted by Crippen LogP contribution is -2.50. The highest BCUT2D eigenvalue weighted by Gasteiger charge is 2.36. The first-order valence-corrected chi connectivity index (χ1v) is 8.03. The Morgan fingerprint density at radius 1 is 1.31 bits per heavy atom. The monoisotopic (exact) mass is 242 g/mol. The molecule has 1 heterocycles. The molecule has 2 rings (SSSR count). The van der Waals surface area contributed by atoms with Crippen molar-refractivity contribution < 1.29 is 0 Å². The molecule has 1 N–H and O–H groups in total. The van der Waals surface area contributed by atoms with E-state index >= 15 is 0 Å². The third-order valence-corrected chi connectivity index (χ3v) is 5.11. The van der Waals surface area contributed by atoms with Crippen molar-refractivity contribution in [3.8, 4) is 0 Å². The van der Waals surface area contributed by atoms with Gasteiger partial charge in [0.15, 0.2) is 0 Å². The molecule has 0 aromatic heterocycles. The summed E-state index contributed by atoms with van der Waals surface area (Å²) in [5.41, 5.74) is 0.481. The van der Waals surface area contributed by atoms with Crippen LogP contribution in [0.1, 0.15) is 39.0 Å². The van der Waals surface area contributed by atoms with E-state index in [2.05, 4.69) is 23.4 Å². The van der Waals surface area contributed by atoms with Gasteiger partial charge in [-0.1, -0.05) is 19.8 Å². The number of nitrogens with zero attached hydrogens (tertiary/aromatic N) is 1. The summed E-state index contributed by atoms with van der Waals surface area (Å²) in [6, 6.07) is 0. The second-order valence-corrected chi connectivity index (χ2v) is 6.83. The molecule has 2 aliphatic rings. The summed E-state index contributed by atoms with van der Waals surface area (Å²) < 4.78 is 0. The fraction of sp³-hybridized carbons (Fsp3) is 1.00. The molecule has 94 valence electrons. The minimum Gasteiger partial charge on any atom is -0.310 e. The number of rotatable bonds is 3. The second-order valence-electron chi connectivity index (χ2n) is 5.55. The maximum atomic E-state index is 3.83. The molecule has 0 aromatic rings. The van der Waals surface area contributed by atoms with Gasteiger partial charge in [-0.2, -0.15) is 11.8 Å². The minimum atomic E-state index is 0.481. The Morgan fingerprint density at radius 3 is 2.75 bits per heavy atom. The van der Waals surface area contributed by atoms with Crippen LogP contribution >= 0.6 is 11.8 Å². The summed E-state index contributed by atoms with van der Waals surface area (Å²) in [7, 11) is 0. The molecule has 1 atom stereocenters. The van der Waals surface area contributed by atoms with Gasteiger partial charge in [0.25, 0.3) is 0 Å². The average molecular weight is 242 g/mol. The van der Waals surface area contributed by atoms with Gasteiger partial charge in [-0.05, 0) is 38.6 Å². The van der Waals surface area contributed by atoms with E-state index in [-0.39, 0.29) is 0 Å². The van der Waals surface area contributed by atoms with Gasteiger partial charge in [0, 0.05) is 23.9 Å². The summed E-state index contributed by atoms with van der Waals surface area (Å²) in [4.78, 5) is 2.70. The highest BCUT2D eigenvalue weighted by Crippen LogP contribution is 2.31. The van der Waals surface area contributed by atoms with E-state index in [1.165, 1.54) is 58.3 Å². The quantitative estimate of drug-likeness (QED) is 0.818. The Hall–Kier alpha value is 0.270. The van der Waals surface area contributed by atoms with Gasteiger partial charge in [-0.15, -0.1) is 0 Å². The SMILES string of the molecule is CSC(C)CN1CCCNC2(CCCC2)C1. The van der Waals surface area contributed by atoms with E-state index in [0.29, 0.717) is 5.54 Å². The molecule has 0 bridgehead atoms. The second kappa shape index (κ2) is 5.74. The Balaban J connectivity index is 1.92. The minimum absolute atomic E-state index is 0.481. The maximum absolute atomic E-state index is 3.83. The fourth-order valence-electron chi connectivity index (χ4n) is 3.20. The van der Waals surface area contributed by atoms with Crippen LogP contribution in [-0.4, -0.2) is 48.1 Å². The van der Waals surface area contributed by atoms with Gasteiger partial charge >= 0.3 is 0 Å². The zero-order valence-electron chi connectivity index (χ0n) is 10.8. The number of hydrogen-bond acceptors (Lipinski definition) is 3. The Morgan fingerprint density at radius 2 is 2.06 bits per heavy atom. The zero-order chi connectivity index (χ0) is 11.4. The molecule has 0 amide bonds. The van der Waals surface area contributed by atoms with Crippen molar-refractivity contribution in [2.45, 2.75) is 49.8 Å². The molecule has 1 aliphatic carbocycles. The molecule has 1 saturated heterocycles. The van der Waals surface area contributed by atoms with Crippen molar-refractivity contribution in [1.29, 1.82) is 0 Å². The molecule has 0 radical (unpaired) electrons. The van der Waals surface area contributed by atoms with Crippen LogP contribution in [0.5, 0.6) is 0 Å². The average Bonchev–Trinajstić information content (AvgIpc) is 2.63. The van der Waals surface area contributed by atoms with E-state index in [0.717, 1.165) is 5.25 Å². The van der Waals surface area contributed by atoms with Gasteiger partial charge in [0.05, 0.1) is 0 Å². The van der Waals surface area contributed by atoms with Gasteiger partial charge < -0.3 is 10.2 Å². The van der Waals surface area contributed by atoms with Crippen LogP contribution in [0.15, 0.2) is 0 Å². The molecular formula is C13H26N2S. The first-order chi connectivity index (χ1) is 7.74. The van der Waals surface area contributed by atoms with Crippen LogP contribution < -0.4 is 5.32 Å². The lowest BCUT2D eigenvalue weighted by atomic mass is 9.97. The van der Waals surface area contributed by atoms with Crippen molar-refractivity contribution in [2.24, 2.45) is 0 Å². The normalized spacial score (nSPS) is 28.1. The van der Waals surface area contributed by atoms with Crippen LogP contribution in [0.4, 0.5) is 0 Å². The summed E-state index contributed by atoms with van der Waals surface area (Å²) >= 11 is 1.99. The largest absolute Gasteiger partial charge is 0.310 e. The lowest BCUT2D eigenvalue weighted by molar-refractivity contribution is 0.212. The predicted molar refractivity (Wildman–Crippen MR) is 73.2 cm³/mol. The third kappa shape index (κ3) is 3.14. The molecule has 16 heavy (non-hydrogen) atoms. The highest BCUT2D eigenvalue weighted by molar-refractivity contribution is 7.99. The van der Waals surface area contributed by atoms with Crippen LogP contribution in [0, 0.1) is 0 Å². The van der Waals surface area contributed by atoms with Crippen molar-refractivity contribution >= 4 is 11.8 Å². The molecule has 2 nitrogen and oxygen atoms in total. The smallest absolute Gasteiger partial charge is 0.0308 e. The van der Waals surface area contributed by atoms with Crippen LogP contribution in [0.25, 0.3) is 0 Å². The first kappa shape index (κ1) is 12.7. The van der Waals surface area contributed by atoms with E-state index in [4.69, 9.17) is 0 Å². The summed E-state index contributed by atoms with van der Waals surface area (Å²) in [6.45, 7) is 7.43. The van der Waals surface area contributed by atoms with Gasteiger partial charge in [0.2, 0.25) is 0 Å². The number of nitrogens with one attached hydrogen (secondary N) is 1. The van der Waals surface area contributed by atoms with Crippen molar-refractivity contribution in [3.63, 3.8) is 0 Å². The van der Waals surface area contributed by atoms with E-state index in [1.54, 1.807) is 0 Å². The molecule has 1 saturated carbocycles. The van der Waals surface area contributed by atoms with Gasteiger partial charge in [-0.25, -0.2) is 0 Å². The Kier molecular flexibility index (Phi) is 4.57. The Bertz CT molecular complexity index is 214. The van der Waals surface area contributed by atoms with Crippen molar-refractivity contribution in [3.05, 3.63) is 0 Å². The summed E-state index contributed by atoms with van der Waals surface area (Å²) in [5.74, 6) is 0. The number of thioether (sulfide) groups is 1. The molecule has 0 aromatic carbocycles. The molecule has 2 fully saturated rings. The standard InChI is InChI=1S/C13H26N2S/c1-12(16-2)10-15-9-5-8-14-13(11-15)6-3-4-7-13/h12,14H,3-11H2,1-2H3. The molecular weight excluding hydrogens is 216 g/mol. The lowest BCUT2D eigenvalue weighted by Gasteiger charge is -2.34. The zero-order valence-corrected chi connectivity index (χ0v) is 11.6. The number of hydrogen-bond donors (Lipinski definition) is 1. The maximum Gasteiger partial charge on any atom is 0.0308 e. The highest BCUT2D eigenvalue weighted by atomic mass is 32.2. The molecule has 1 unspecified atom stereocenters. The first-order valence-electron chi connectivity index (χ1n) is 6.74. The van der Waals surface area contributed by atoms with Crippen molar-refractivity contribution in [1.82, 2.24) is 10.2 Å². The molecule has 1 spiro atoms. The fourth-order valence-corrected chi connectivity index (χ4v) is 3.56. The molecule has 3 heteroatoms. The van der Waals surface area contributed by atoms with Crippen LogP contribution in [0.2, 0.25) is 0 Å². The topological polar surface area (TPSA) is 15.3 Å². The summed E-state index contributed by atoms with van der Waals surface area (Å²) in [6.07, 6.45) is 9.21. The summed E-state index contributed by atoms with van der Waals surface area (Å²) in [5, 5.41) is 4.60. The van der Waals surface area contributed by atoms with Crippen molar-refractivity contribution in [2.75, 3.05) is 32.4 Å². The predicted octanol–water partition coefficient (Wildman–Crippen LogP) is 2.35. The van der Waals surface area contributed by atoms with Gasteiger partial charge in [0.1, 0.15) is 0 Å². The van der Waals surface area contributed by atoms with Crippen LogP contribution in [-0.2, 0) is 0 Å². The van der Waals surface area contributed by atoms with E-state index < -0.39 is 0 Å². The Labute approximate surface area is 105 Å². The van der Waals surface area contributed by atoms with E-state index in [9.17, 15) is 0 Å².